The first-order valence-electron chi connectivity index (χ1n) is 7.70. The van der Waals surface area contributed by atoms with Crippen LogP contribution in [0.3, 0.4) is 0 Å². The summed E-state index contributed by atoms with van der Waals surface area (Å²) in [7, 11) is 0. The Morgan fingerprint density at radius 3 is 2.73 bits per heavy atom. The monoisotopic (exact) mass is 337 g/mol. The van der Waals surface area contributed by atoms with Gasteiger partial charge in [0.05, 0.1) is 11.2 Å². The van der Waals surface area contributed by atoms with Crippen LogP contribution >= 0.6 is 23.7 Å². The summed E-state index contributed by atoms with van der Waals surface area (Å²) in [6.07, 6.45) is 1.10. The molecule has 1 unspecified atom stereocenters. The van der Waals surface area contributed by atoms with E-state index in [1.165, 1.54) is 21.7 Å². The number of hydrogen-bond acceptors (Lipinski definition) is 4. The number of piperazine rings is 1. The van der Waals surface area contributed by atoms with Crippen LogP contribution in [-0.2, 0) is 13.0 Å². The number of nitrogens with zero attached hydrogens (tertiary/aromatic N) is 2. The second-order valence-electron chi connectivity index (χ2n) is 5.65. The SMILES string of the molecule is CCc1ccc(C2CNCCN2Cc2scnc2C)cc1.Cl. The van der Waals surface area contributed by atoms with Gasteiger partial charge in [0.15, 0.2) is 0 Å². The van der Waals surface area contributed by atoms with Gasteiger partial charge in [-0.15, -0.1) is 23.7 Å². The second kappa shape index (κ2) is 8.06. The predicted molar refractivity (Wildman–Crippen MR) is 95.9 cm³/mol. The first-order valence-corrected chi connectivity index (χ1v) is 8.58. The summed E-state index contributed by atoms with van der Waals surface area (Å²) >= 11 is 1.77. The van der Waals surface area contributed by atoms with Crippen molar-refractivity contribution in [1.29, 1.82) is 0 Å². The molecule has 1 aromatic heterocycles. The van der Waals surface area contributed by atoms with Crippen molar-refractivity contribution in [2.45, 2.75) is 32.9 Å². The van der Waals surface area contributed by atoms with Crippen molar-refractivity contribution in [3.63, 3.8) is 0 Å². The average Bonchev–Trinajstić information content (AvgIpc) is 2.93. The van der Waals surface area contributed by atoms with E-state index in [1.807, 2.05) is 5.51 Å². The molecule has 0 radical (unpaired) electrons. The highest BCUT2D eigenvalue weighted by Crippen LogP contribution is 2.26. The quantitative estimate of drug-likeness (QED) is 0.924. The molecule has 0 aliphatic carbocycles. The van der Waals surface area contributed by atoms with Crippen molar-refractivity contribution in [1.82, 2.24) is 15.2 Å². The first kappa shape index (κ1) is 17.4. The minimum Gasteiger partial charge on any atom is -0.314 e. The zero-order chi connectivity index (χ0) is 14.7. The van der Waals surface area contributed by atoms with Crippen LogP contribution < -0.4 is 5.32 Å². The molecular formula is C17H24ClN3S. The van der Waals surface area contributed by atoms with Gasteiger partial charge < -0.3 is 5.32 Å². The maximum Gasteiger partial charge on any atom is 0.0798 e. The number of benzene rings is 1. The fourth-order valence-electron chi connectivity index (χ4n) is 2.90. The van der Waals surface area contributed by atoms with E-state index in [2.05, 4.69) is 53.3 Å². The van der Waals surface area contributed by atoms with Gasteiger partial charge >= 0.3 is 0 Å². The van der Waals surface area contributed by atoms with Gasteiger partial charge in [-0.05, 0) is 24.5 Å². The molecule has 2 heterocycles. The molecule has 0 amide bonds. The van der Waals surface area contributed by atoms with E-state index in [0.717, 1.165) is 32.6 Å². The van der Waals surface area contributed by atoms with Gasteiger partial charge in [0, 0.05) is 37.1 Å². The lowest BCUT2D eigenvalue weighted by atomic mass is 10.0. The lowest BCUT2D eigenvalue weighted by molar-refractivity contribution is 0.155. The van der Waals surface area contributed by atoms with Crippen molar-refractivity contribution < 1.29 is 0 Å². The summed E-state index contributed by atoms with van der Waals surface area (Å²) in [5, 5.41) is 3.53. The van der Waals surface area contributed by atoms with E-state index in [4.69, 9.17) is 0 Å². The number of rotatable bonds is 4. The van der Waals surface area contributed by atoms with Gasteiger partial charge in [0.2, 0.25) is 0 Å². The van der Waals surface area contributed by atoms with E-state index in [0.29, 0.717) is 6.04 Å². The Kier molecular flexibility index (Phi) is 6.38. The van der Waals surface area contributed by atoms with E-state index in [-0.39, 0.29) is 12.4 Å². The Morgan fingerprint density at radius 1 is 1.32 bits per heavy atom. The topological polar surface area (TPSA) is 28.2 Å². The van der Waals surface area contributed by atoms with Crippen LogP contribution in [0.15, 0.2) is 29.8 Å². The van der Waals surface area contributed by atoms with Gasteiger partial charge in [0.1, 0.15) is 0 Å². The molecule has 1 aliphatic heterocycles. The minimum atomic E-state index is 0. The highest BCUT2D eigenvalue weighted by molar-refractivity contribution is 7.09. The molecular weight excluding hydrogens is 314 g/mol. The van der Waals surface area contributed by atoms with E-state index in [1.54, 1.807) is 11.3 Å². The third kappa shape index (κ3) is 3.87. The van der Waals surface area contributed by atoms with Crippen molar-refractivity contribution in [3.05, 3.63) is 51.5 Å². The van der Waals surface area contributed by atoms with E-state index >= 15 is 0 Å². The number of nitrogens with one attached hydrogen (secondary N) is 1. The Balaban J connectivity index is 0.00000176. The number of aromatic nitrogens is 1. The van der Waals surface area contributed by atoms with Crippen LogP contribution in [0.5, 0.6) is 0 Å². The maximum absolute atomic E-state index is 4.38. The van der Waals surface area contributed by atoms with Gasteiger partial charge in [0.25, 0.3) is 0 Å². The summed E-state index contributed by atoms with van der Waals surface area (Å²) in [6.45, 7) is 8.52. The van der Waals surface area contributed by atoms with E-state index < -0.39 is 0 Å². The van der Waals surface area contributed by atoms with Gasteiger partial charge in [-0.3, -0.25) is 4.90 Å². The lowest BCUT2D eigenvalue weighted by Crippen LogP contribution is -2.45. The molecule has 5 heteroatoms. The molecule has 3 rings (SSSR count). The number of thiazole rings is 1. The van der Waals surface area contributed by atoms with Crippen LogP contribution in [0.1, 0.15) is 34.7 Å². The molecule has 0 bridgehead atoms. The second-order valence-corrected chi connectivity index (χ2v) is 6.59. The summed E-state index contributed by atoms with van der Waals surface area (Å²) in [5.41, 5.74) is 5.96. The molecule has 1 atom stereocenters. The zero-order valence-electron chi connectivity index (χ0n) is 13.2. The van der Waals surface area contributed by atoms with Gasteiger partial charge in [-0.2, -0.15) is 0 Å². The number of aryl methyl sites for hydroxylation is 2. The summed E-state index contributed by atoms with van der Waals surface area (Å²) < 4.78 is 0. The fourth-order valence-corrected chi connectivity index (χ4v) is 3.70. The molecule has 1 saturated heterocycles. The molecule has 1 aliphatic rings. The highest BCUT2D eigenvalue weighted by atomic mass is 35.5. The number of halogens is 1. The van der Waals surface area contributed by atoms with Crippen molar-refractivity contribution in [3.8, 4) is 0 Å². The largest absolute Gasteiger partial charge is 0.314 e. The van der Waals surface area contributed by atoms with Crippen LogP contribution in [0.2, 0.25) is 0 Å². The van der Waals surface area contributed by atoms with Crippen molar-refractivity contribution >= 4 is 23.7 Å². The summed E-state index contributed by atoms with van der Waals surface area (Å²) in [4.78, 5) is 8.36. The van der Waals surface area contributed by atoms with Gasteiger partial charge in [-0.1, -0.05) is 31.2 Å². The third-order valence-electron chi connectivity index (χ3n) is 4.32. The van der Waals surface area contributed by atoms with Gasteiger partial charge in [-0.25, -0.2) is 4.98 Å². The highest BCUT2D eigenvalue weighted by Gasteiger charge is 2.24. The molecule has 120 valence electrons. The molecule has 22 heavy (non-hydrogen) atoms. The molecule has 1 aromatic carbocycles. The standard InChI is InChI=1S/C17H23N3S.ClH/c1-3-14-4-6-15(7-5-14)16-10-18-8-9-20(16)11-17-13(2)19-12-21-17;/h4-7,12,16,18H,3,8-11H2,1-2H3;1H. The zero-order valence-corrected chi connectivity index (χ0v) is 14.8. The predicted octanol–water partition coefficient (Wildman–Crippen LogP) is 3.58. The molecule has 0 saturated carbocycles. The molecule has 1 fully saturated rings. The molecule has 2 aromatic rings. The maximum atomic E-state index is 4.38. The Hall–Kier alpha value is -0.940. The van der Waals surface area contributed by atoms with Crippen LogP contribution in [0, 0.1) is 6.92 Å². The Labute approximate surface area is 143 Å². The Morgan fingerprint density at radius 2 is 2.09 bits per heavy atom. The van der Waals surface area contributed by atoms with Crippen molar-refractivity contribution in [2.24, 2.45) is 0 Å². The number of hydrogen-bond donors (Lipinski definition) is 1. The third-order valence-corrected chi connectivity index (χ3v) is 5.24. The fraction of sp³-hybridized carbons (Fsp3) is 0.471. The summed E-state index contributed by atoms with van der Waals surface area (Å²) in [6, 6.07) is 9.58. The molecule has 3 nitrogen and oxygen atoms in total. The van der Waals surface area contributed by atoms with Crippen LogP contribution in [-0.4, -0.2) is 29.5 Å². The van der Waals surface area contributed by atoms with E-state index in [9.17, 15) is 0 Å². The van der Waals surface area contributed by atoms with Crippen LogP contribution in [0.4, 0.5) is 0 Å². The lowest BCUT2D eigenvalue weighted by Gasteiger charge is -2.36. The van der Waals surface area contributed by atoms with Crippen LogP contribution in [0.25, 0.3) is 0 Å². The first-order chi connectivity index (χ1) is 10.3. The normalized spacial score (nSPS) is 18.9. The Bertz CT molecular complexity index is 582. The summed E-state index contributed by atoms with van der Waals surface area (Å²) in [5.74, 6) is 0. The van der Waals surface area contributed by atoms with Crippen molar-refractivity contribution in [2.75, 3.05) is 19.6 Å². The minimum absolute atomic E-state index is 0. The molecule has 0 spiro atoms. The molecule has 1 N–H and O–H groups in total. The smallest absolute Gasteiger partial charge is 0.0798 e. The average molecular weight is 338 g/mol.